The lowest BCUT2D eigenvalue weighted by molar-refractivity contribution is -0.110. The summed E-state index contributed by atoms with van der Waals surface area (Å²) in [6, 6.07) is 8.62. The SMILES string of the molecule is CC1=CC(=O)C=C(C)C1=NOC(=O)c1ccccc1. The molecule has 0 unspecified atom stereocenters. The summed E-state index contributed by atoms with van der Waals surface area (Å²) in [4.78, 5) is 27.9. The van der Waals surface area contributed by atoms with Gasteiger partial charge < -0.3 is 4.84 Å². The molecule has 0 fully saturated rings. The zero-order chi connectivity index (χ0) is 13.8. The molecule has 0 amide bonds. The second-order valence-electron chi connectivity index (χ2n) is 4.24. The molecule has 0 spiro atoms. The van der Waals surface area contributed by atoms with E-state index in [1.54, 1.807) is 38.1 Å². The van der Waals surface area contributed by atoms with E-state index in [0.29, 0.717) is 22.4 Å². The van der Waals surface area contributed by atoms with Crippen molar-refractivity contribution in [3.05, 3.63) is 59.2 Å². The summed E-state index contributed by atoms with van der Waals surface area (Å²) in [5.41, 5.74) is 2.32. The lowest BCUT2D eigenvalue weighted by atomic mass is 9.98. The van der Waals surface area contributed by atoms with E-state index < -0.39 is 5.97 Å². The van der Waals surface area contributed by atoms with Gasteiger partial charge in [0.05, 0.1) is 5.56 Å². The summed E-state index contributed by atoms with van der Waals surface area (Å²) in [5.74, 6) is -0.603. The van der Waals surface area contributed by atoms with Gasteiger partial charge in [-0.05, 0) is 49.3 Å². The topological polar surface area (TPSA) is 55.7 Å². The third kappa shape index (κ3) is 3.04. The quantitative estimate of drug-likeness (QED) is 0.464. The molecule has 0 saturated heterocycles. The Morgan fingerprint density at radius 2 is 1.63 bits per heavy atom. The predicted octanol–water partition coefficient (Wildman–Crippen LogP) is 2.67. The highest BCUT2D eigenvalue weighted by Crippen LogP contribution is 2.14. The van der Waals surface area contributed by atoms with Gasteiger partial charge >= 0.3 is 5.97 Å². The molecule has 2 rings (SSSR count). The van der Waals surface area contributed by atoms with Crippen LogP contribution in [-0.4, -0.2) is 17.5 Å². The molecule has 4 nitrogen and oxygen atoms in total. The Balaban J connectivity index is 2.15. The average Bonchev–Trinajstić information content (AvgIpc) is 2.38. The Hall–Kier alpha value is -2.49. The molecule has 0 heterocycles. The van der Waals surface area contributed by atoms with Gasteiger partial charge in [-0.1, -0.05) is 23.4 Å². The summed E-state index contributed by atoms with van der Waals surface area (Å²) >= 11 is 0. The molecule has 0 bridgehead atoms. The van der Waals surface area contributed by atoms with Crippen LogP contribution in [0.3, 0.4) is 0 Å². The maximum atomic E-state index is 11.7. The van der Waals surface area contributed by atoms with Crippen molar-refractivity contribution in [2.24, 2.45) is 5.16 Å². The van der Waals surface area contributed by atoms with Crippen molar-refractivity contribution in [1.82, 2.24) is 0 Å². The summed E-state index contributed by atoms with van der Waals surface area (Å²) in [6.07, 6.45) is 2.92. The monoisotopic (exact) mass is 255 g/mol. The van der Waals surface area contributed by atoms with Crippen molar-refractivity contribution in [2.45, 2.75) is 13.8 Å². The van der Waals surface area contributed by atoms with Gasteiger partial charge in [-0.25, -0.2) is 4.79 Å². The number of hydrogen-bond acceptors (Lipinski definition) is 4. The molecule has 4 heteroatoms. The number of ketones is 1. The van der Waals surface area contributed by atoms with Crippen molar-refractivity contribution >= 4 is 17.5 Å². The Morgan fingerprint density at radius 3 is 2.21 bits per heavy atom. The number of benzene rings is 1. The lowest BCUT2D eigenvalue weighted by Crippen LogP contribution is -2.12. The minimum absolute atomic E-state index is 0.0802. The first-order valence-electron chi connectivity index (χ1n) is 5.83. The molecule has 0 aromatic heterocycles. The second-order valence-corrected chi connectivity index (χ2v) is 4.24. The molecule has 0 aliphatic heterocycles. The average molecular weight is 255 g/mol. The van der Waals surface area contributed by atoms with Crippen LogP contribution in [0, 0.1) is 0 Å². The van der Waals surface area contributed by atoms with E-state index in [9.17, 15) is 9.59 Å². The van der Waals surface area contributed by atoms with Gasteiger partial charge in [0.25, 0.3) is 0 Å². The van der Waals surface area contributed by atoms with Crippen LogP contribution < -0.4 is 0 Å². The highest BCUT2D eigenvalue weighted by atomic mass is 16.7. The van der Waals surface area contributed by atoms with Crippen LogP contribution in [0.1, 0.15) is 24.2 Å². The van der Waals surface area contributed by atoms with E-state index in [2.05, 4.69) is 5.16 Å². The van der Waals surface area contributed by atoms with E-state index in [1.165, 1.54) is 12.2 Å². The molecular weight excluding hydrogens is 242 g/mol. The highest BCUT2D eigenvalue weighted by Gasteiger charge is 2.15. The van der Waals surface area contributed by atoms with Gasteiger partial charge in [0.1, 0.15) is 5.71 Å². The van der Waals surface area contributed by atoms with Crippen molar-refractivity contribution in [3.8, 4) is 0 Å². The molecule has 1 aromatic rings. The molecule has 96 valence electrons. The van der Waals surface area contributed by atoms with E-state index in [4.69, 9.17) is 4.84 Å². The van der Waals surface area contributed by atoms with Crippen LogP contribution in [0.4, 0.5) is 0 Å². The molecule has 0 N–H and O–H groups in total. The fraction of sp³-hybridized carbons (Fsp3) is 0.133. The van der Waals surface area contributed by atoms with Crippen LogP contribution in [0.15, 0.2) is 58.8 Å². The van der Waals surface area contributed by atoms with Gasteiger partial charge in [-0.2, -0.15) is 0 Å². The second kappa shape index (κ2) is 5.44. The number of nitrogens with zero attached hydrogens (tertiary/aromatic N) is 1. The zero-order valence-electron chi connectivity index (χ0n) is 10.7. The van der Waals surface area contributed by atoms with Crippen molar-refractivity contribution in [1.29, 1.82) is 0 Å². The van der Waals surface area contributed by atoms with Crippen molar-refractivity contribution in [2.75, 3.05) is 0 Å². The number of rotatable bonds is 2. The van der Waals surface area contributed by atoms with Crippen molar-refractivity contribution < 1.29 is 14.4 Å². The van der Waals surface area contributed by atoms with Gasteiger partial charge in [0, 0.05) is 0 Å². The van der Waals surface area contributed by atoms with Gasteiger partial charge in [-0.3, -0.25) is 4.79 Å². The van der Waals surface area contributed by atoms with E-state index in [0.717, 1.165) is 0 Å². The van der Waals surface area contributed by atoms with E-state index in [-0.39, 0.29) is 5.78 Å². The summed E-state index contributed by atoms with van der Waals surface area (Å²) in [5, 5.41) is 3.83. The standard InChI is InChI=1S/C15H13NO3/c1-10-8-13(17)9-11(2)14(10)16-19-15(18)12-6-4-3-5-7-12/h3-9H,1-2H3. The number of oxime groups is 1. The lowest BCUT2D eigenvalue weighted by Gasteiger charge is -2.10. The Kier molecular flexibility index (Phi) is 3.71. The number of carbonyl (C=O) groups excluding carboxylic acids is 2. The van der Waals surface area contributed by atoms with Crippen LogP contribution in [0.5, 0.6) is 0 Å². The largest absolute Gasteiger partial charge is 0.365 e. The predicted molar refractivity (Wildman–Crippen MR) is 71.8 cm³/mol. The first-order valence-corrected chi connectivity index (χ1v) is 5.83. The number of carbonyl (C=O) groups is 2. The summed E-state index contributed by atoms with van der Waals surface area (Å²) in [6.45, 7) is 3.51. The third-order valence-corrected chi connectivity index (χ3v) is 2.69. The smallest absolute Gasteiger partial charge is 0.312 e. The van der Waals surface area contributed by atoms with Gasteiger partial charge in [-0.15, -0.1) is 0 Å². The van der Waals surface area contributed by atoms with Gasteiger partial charge in [0.2, 0.25) is 0 Å². The maximum Gasteiger partial charge on any atom is 0.365 e. The molecule has 0 atom stereocenters. The van der Waals surface area contributed by atoms with Crippen LogP contribution in [0.2, 0.25) is 0 Å². The first-order chi connectivity index (χ1) is 9.08. The summed E-state index contributed by atoms with van der Waals surface area (Å²) < 4.78 is 0. The molecule has 0 saturated carbocycles. The first kappa shape index (κ1) is 13.0. The van der Waals surface area contributed by atoms with E-state index in [1.807, 2.05) is 6.07 Å². The summed E-state index contributed by atoms with van der Waals surface area (Å²) in [7, 11) is 0. The Bertz CT molecular complexity index is 586. The van der Waals surface area contributed by atoms with Crippen LogP contribution >= 0.6 is 0 Å². The molecule has 19 heavy (non-hydrogen) atoms. The fourth-order valence-corrected chi connectivity index (χ4v) is 1.77. The van der Waals surface area contributed by atoms with Crippen molar-refractivity contribution in [3.63, 3.8) is 0 Å². The number of allylic oxidation sites excluding steroid dienone is 4. The highest BCUT2D eigenvalue weighted by molar-refractivity contribution is 6.22. The molecule has 1 aliphatic rings. The van der Waals surface area contributed by atoms with Crippen LogP contribution in [0.25, 0.3) is 0 Å². The Labute approximate surface area is 111 Å². The molecule has 0 radical (unpaired) electrons. The minimum Gasteiger partial charge on any atom is -0.312 e. The maximum absolute atomic E-state index is 11.7. The normalized spacial score (nSPS) is 14.6. The zero-order valence-corrected chi connectivity index (χ0v) is 10.7. The van der Waals surface area contributed by atoms with E-state index >= 15 is 0 Å². The molecular formula is C15H13NO3. The molecule has 1 aliphatic carbocycles. The minimum atomic E-state index is -0.523. The molecule has 1 aromatic carbocycles. The van der Waals surface area contributed by atoms with Crippen LogP contribution in [-0.2, 0) is 9.63 Å². The third-order valence-electron chi connectivity index (χ3n) is 2.69. The fourth-order valence-electron chi connectivity index (χ4n) is 1.77. The number of hydrogen-bond donors (Lipinski definition) is 0. The van der Waals surface area contributed by atoms with Gasteiger partial charge in [0.15, 0.2) is 5.78 Å². The Morgan fingerprint density at radius 1 is 1.05 bits per heavy atom.